The molecule has 2 aliphatic rings. The molecule has 0 radical (unpaired) electrons. The van der Waals surface area contributed by atoms with Crippen LogP contribution in [0.15, 0.2) is 68.8 Å². The van der Waals surface area contributed by atoms with Crippen LogP contribution >= 0.6 is 23.5 Å². The van der Waals surface area contributed by atoms with Crippen LogP contribution in [0.5, 0.6) is 0 Å². The minimum absolute atomic E-state index is 0.0127. The van der Waals surface area contributed by atoms with Crippen LogP contribution in [0.25, 0.3) is 22.6 Å². The number of carbonyl (C=O) groups is 1. The largest absolute Gasteiger partial charge is 0.445 e. The Kier molecular flexibility index (Phi) is 8.36. The number of amides is 1. The minimum atomic E-state index is -4.04. The van der Waals surface area contributed by atoms with E-state index in [4.69, 9.17) is 8.94 Å². The van der Waals surface area contributed by atoms with E-state index in [1.165, 1.54) is 17.8 Å². The quantitative estimate of drug-likeness (QED) is 0.224. The van der Waals surface area contributed by atoms with Gasteiger partial charge in [-0.05, 0) is 68.9 Å². The van der Waals surface area contributed by atoms with Gasteiger partial charge < -0.3 is 13.8 Å². The van der Waals surface area contributed by atoms with Crippen LogP contribution in [-0.2, 0) is 21.4 Å². The van der Waals surface area contributed by atoms with Crippen molar-refractivity contribution in [2.45, 2.75) is 55.1 Å². The number of hydrogen-bond acceptors (Lipinski definition) is 9. The third kappa shape index (κ3) is 6.09. The second-order valence-electron chi connectivity index (χ2n) is 11.1. The fraction of sp³-hybridized carbons (Fsp3) is 0.387. The van der Waals surface area contributed by atoms with Gasteiger partial charge in [0.2, 0.25) is 17.7 Å². The number of hydrogen-bond donors (Lipinski definition) is 1. The highest BCUT2D eigenvalue weighted by Crippen LogP contribution is 2.54. The smallest absolute Gasteiger partial charge is 0.264 e. The van der Waals surface area contributed by atoms with Crippen LogP contribution in [0.3, 0.4) is 0 Å². The molecule has 226 valence electrons. The van der Waals surface area contributed by atoms with Crippen LogP contribution in [0.2, 0.25) is 0 Å². The molecule has 1 aliphatic heterocycles. The maximum Gasteiger partial charge on any atom is 0.264 e. The van der Waals surface area contributed by atoms with Gasteiger partial charge in [0.25, 0.3) is 10.0 Å². The lowest BCUT2D eigenvalue weighted by molar-refractivity contribution is -0.135. The highest BCUT2D eigenvalue weighted by molar-refractivity contribution is 8.21. The SMILES string of the molecule is Cc1noc(NS(=O)(=O)c2ccccc2-c2ccc(-c3ncco3)cc2CN(C)C(=O)C2CCC3(CC2)SCCS3)c1C. The van der Waals surface area contributed by atoms with E-state index in [1.54, 1.807) is 49.2 Å². The highest BCUT2D eigenvalue weighted by atomic mass is 32.2. The first-order chi connectivity index (χ1) is 20.7. The first-order valence-corrected chi connectivity index (χ1v) is 17.7. The van der Waals surface area contributed by atoms with Crippen LogP contribution in [0.1, 0.15) is 42.5 Å². The number of carbonyl (C=O) groups excluding carboxylic acids is 1. The van der Waals surface area contributed by atoms with E-state index in [0.717, 1.165) is 36.8 Å². The van der Waals surface area contributed by atoms with Gasteiger partial charge in [-0.15, -0.1) is 23.5 Å². The van der Waals surface area contributed by atoms with E-state index in [2.05, 4.69) is 38.4 Å². The molecule has 9 nitrogen and oxygen atoms in total. The van der Waals surface area contributed by atoms with Crippen LogP contribution in [0.4, 0.5) is 5.88 Å². The van der Waals surface area contributed by atoms with Crippen molar-refractivity contribution < 1.29 is 22.2 Å². The fourth-order valence-electron chi connectivity index (χ4n) is 5.83. The number of aryl methyl sites for hydroxylation is 1. The molecule has 4 aromatic rings. The van der Waals surface area contributed by atoms with Crippen molar-refractivity contribution in [3.63, 3.8) is 0 Å². The second kappa shape index (κ2) is 12.0. The molecule has 3 heterocycles. The Bertz CT molecular complexity index is 1720. The van der Waals surface area contributed by atoms with Gasteiger partial charge in [0.15, 0.2) is 0 Å². The number of nitrogens with zero attached hydrogens (tertiary/aromatic N) is 3. The van der Waals surface area contributed by atoms with Crippen molar-refractivity contribution in [2.75, 3.05) is 23.3 Å². The summed E-state index contributed by atoms with van der Waals surface area (Å²) in [6.07, 6.45) is 6.98. The average molecular weight is 639 g/mol. The predicted molar refractivity (Wildman–Crippen MR) is 170 cm³/mol. The Morgan fingerprint density at radius 1 is 1.09 bits per heavy atom. The zero-order chi connectivity index (χ0) is 30.2. The lowest BCUT2D eigenvalue weighted by Gasteiger charge is -2.36. The molecule has 1 amide bonds. The van der Waals surface area contributed by atoms with Crippen molar-refractivity contribution in [3.05, 3.63) is 71.7 Å². The van der Waals surface area contributed by atoms with Crippen molar-refractivity contribution in [2.24, 2.45) is 5.92 Å². The van der Waals surface area contributed by atoms with Crippen LogP contribution < -0.4 is 4.72 Å². The van der Waals surface area contributed by atoms with E-state index in [1.807, 2.05) is 25.2 Å². The number of thioether (sulfide) groups is 2. The van der Waals surface area contributed by atoms with Gasteiger partial charge >= 0.3 is 0 Å². The second-order valence-corrected chi connectivity index (χ2v) is 16.0. The Labute approximate surface area is 260 Å². The van der Waals surface area contributed by atoms with Crippen molar-refractivity contribution in [1.29, 1.82) is 0 Å². The molecule has 1 N–H and O–H groups in total. The molecular weight excluding hydrogens is 605 g/mol. The molecule has 0 unspecified atom stereocenters. The summed E-state index contributed by atoms with van der Waals surface area (Å²) in [7, 11) is -2.22. The van der Waals surface area contributed by atoms with Gasteiger partial charge in [-0.1, -0.05) is 29.4 Å². The summed E-state index contributed by atoms with van der Waals surface area (Å²) in [5.41, 5.74) is 3.96. The number of aromatic nitrogens is 2. The molecule has 1 aliphatic carbocycles. The van der Waals surface area contributed by atoms with Gasteiger partial charge in [-0.2, -0.15) is 0 Å². The number of oxazole rings is 1. The summed E-state index contributed by atoms with van der Waals surface area (Å²) in [6, 6.07) is 12.5. The number of sulfonamides is 1. The molecule has 6 rings (SSSR count). The average Bonchev–Trinajstić information content (AvgIpc) is 3.77. The van der Waals surface area contributed by atoms with Gasteiger partial charge in [0.05, 0.1) is 20.9 Å². The molecule has 1 saturated heterocycles. The van der Waals surface area contributed by atoms with E-state index < -0.39 is 10.0 Å². The first kappa shape index (κ1) is 29.8. The number of nitrogens with one attached hydrogen (secondary N) is 1. The van der Waals surface area contributed by atoms with Gasteiger partial charge in [0, 0.05) is 47.7 Å². The molecule has 0 atom stereocenters. The normalized spacial score (nSPS) is 16.9. The van der Waals surface area contributed by atoms with Crippen molar-refractivity contribution in [3.8, 4) is 22.6 Å². The molecule has 1 saturated carbocycles. The number of benzene rings is 2. The summed E-state index contributed by atoms with van der Waals surface area (Å²) in [5, 5.41) is 3.87. The molecule has 12 heteroatoms. The summed E-state index contributed by atoms with van der Waals surface area (Å²) in [5.74, 6) is 3.02. The number of rotatable bonds is 8. The lowest BCUT2D eigenvalue weighted by Crippen LogP contribution is -2.37. The number of anilines is 1. The van der Waals surface area contributed by atoms with Crippen LogP contribution in [-0.4, -0.2) is 52.0 Å². The summed E-state index contributed by atoms with van der Waals surface area (Å²) >= 11 is 4.11. The maximum absolute atomic E-state index is 13.7. The molecule has 0 bridgehead atoms. The zero-order valence-corrected chi connectivity index (χ0v) is 26.8. The molecular formula is C31H34N4O5S3. The van der Waals surface area contributed by atoms with E-state index >= 15 is 0 Å². The fourth-order valence-corrected chi connectivity index (χ4v) is 10.4. The van der Waals surface area contributed by atoms with Gasteiger partial charge in [0.1, 0.15) is 6.26 Å². The standard InChI is InChI=1S/C31H34N4O5S3/c1-20-21(2)33-40-28(20)34-43(37,38)27-7-5-4-6-26(27)25-9-8-23(29-32-14-15-39-29)18-24(25)19-35(3)30(36)22-10-12-31(13-11-22)41-16-17-42-31/h4-9,14-15,18,22,34H,10-13,16-17,19H2,1-3H3. The molecule has 2 aromatic carbocycles. The third-order valence-corrected chi connectivity index (χ3v) is 13.4. The van der Waals surface area contributed by atoms with E-state index in [-0.39, 0.29) is 22.6 Å². The van der Waals surface area contributed by atoms with E-state index in [0.29, 0.717) is 38.9 Å². The van der Waals surface area contributed by atoms with Crippen molar-refractivity contribution >= 4 is 45.3 Å². The Morgan fingerprint density at radius 3 is 2.51 bits per heavy atom. The lowest BCUT2D eigenvalue weighted by atomic mass is 9.87. The summed E-state index contributed by atoms with van der Waals surface area (Å²) in [6.45, 7) is 3.80. The highest BCUT2D eigenvalue weighted by Gasteiger charge is 2.41. The maximum atomic E-state index is 13.7. The topological polar surface area (TPSA) is 119 Å². The minimum Gasteiger partial charge on any atom is -0.445 e. The Hall–Kier alpha value is -3.22. The summed E-state index contributed by atoms with van der Waals surface area (Å²) < 4.78 is 41.0. The molecule has 43 heavy (non-hydrogen) atoms. The third-order valence-electron chi connectivity index (χ3n) is 8.33. The molecule has 2 aromatic heterocycles. The molecule has 1 spiro atoms. The monoisotopic (exact) mass is 638 g/mol. The van der Waals surface area contributed by atoms with Gasteiger partial charge in [-0.3, -0.25) is 4.79 Å². The summed E-state index contributed by atoms with van der Waals surface area (Å²) in [4.78, 5) is 19.8. The van der Waals surface area contributed by atoms with Crippen LogP contribution in [0, 0.1) is 19.8 Å². The predicted octanol–water partition coefficient (Wildman–Crippen LogP) is 6.74. The molecule has 2 fully saturated rings. The van der Waals surface area contributed by atoms with E-state index in [9.17, 15) is 13.2 Å². The Balaban J connectivity index is 1.32. The zero-order valence-electron chi connectivity index (χ0n) is 24.3. The first-order valence-electron chi connectivity index (χ1n) is 14.3. The van der Waals surface area contributed by atoms with Gasteiger partial charge in [-0.25, -0.2) is 18.1 Å². The Morgan fingerprint density at radius 2 is 1.84 bits per heavy atom. The van der Waals surface area contributed by atoms with Crippen molar-refractivity contribution in [1.82, 2.24) is 15.0 Å².